The maximum atomic E-state index is 4.08. The summed E-state index contributed by atoms with van der Waals surface area (Å²) in [6, 6.07) is 0.432. The van der Waals surface area contributed by atoms with Crippen LogP contribution in [0.25, 0.3) is 0 Å². The second-order valence-electron chi connectivity index (χ2n) is 2.76. The van der Waals surface area contributed by atoms with Crippen molar-refractivity contribution in [2.45, 2.75) is 19.9 Å². The molecule has 0 aliphatic carbocycles. The van der Waals surface area contributed by atoms with Gasteiger partial charge in [0.1, 0.15) is 5.82 Å². The summed E-state index contributed by atoms with van der Waals surface area (Å²) in [5, 5.41) is 7.35. The van der Waals surface area contributed by atoms with Crippen LogP contribution in [0.4, 0.5) is 5.82 Å². The summed E-state index contributed by atoms with van der Waals surface area (Å²) in [6.45, 7) is 4.19. The van der Waals surface area contributed by atoms with Crippen LogP contribution in [0.1, 0.15) is 13.8 Å². The van der Waals surface area contributed by atoms with Gasteiger partial charge in [-0.15, -0.1) is 0 Å². The molecular formula is C7H12BrN3. The van der Waals surface area contributed by atoms with Crippen molar-refractivity contribution in [3.8, 4) is 0 Å². The molecule has 1 heterocycles. The number of halogens is 1. The van der Waals surface area contributed by atoms with Crippen LogP contribution in [-0.2, 0) is 7.05 Å². The molecule has 0 atom stereocenters. The fourth-order valence-electron chi connectivity index (χ4n) is 0.847. The average Bonchev–Trinajstić information content (AvgIpc) is 2.18. The molecular weight excluding hydrogens is 206 g/mol. The van der Waals surface area contributed by atoms with Crippen molar-refractivity contribution in [1.82, 2.24) is 9.78 Å². The van der Waals surface area contributed by atoms with Crippen LogP contribution in [0.15, 0.2) is 10.7 Å². The van der Waals surface area contributed by atoms with Crippen LogP contribution in [0, 0.1) is 0 Å². The number of nitrogens with one attached hydrogen (secondary N) is 1. The quantitative estimate of drug-likeness (QED) is 0.822. The number of hydrogen-bond donors (Lipinski definition) is 1. The molecule has 3 nitrogen and oxygen atoms in total. The van der Waals surface area contributed by atoms with E-state index in [9.17, 15) is 0 Å². The lowest BCUT2D eigenvalue weighted by Crippen LogP contribution is -2.13. The molecule has 1 rings (SSSR count). The van der Waals surface area contributed by atoms with Gasteiger partial charge in [-0.05, 0) is 29.8 Å². The normalized spacial score (nSPS) is 10.6. The topological polar surface area (TPSA) is 29.9 Å². The second-order valence-corrected chi connectivity index (χ2v) is 3.62. The van der Waals surface area contributed by atoms with Crippen LogP contribution in [0.2, 0.25) is 0 Å². The van der Waals surface area contributed by atoms with Gasteiger partial charge in [0.2, 0.25) is 0 Å². The first kappa shape index (κ1) is 8.59. The SMILES string of the molecule is CC(C)Nc1c(Br)cnn1C. The highest BCUT2D eigenvalue weighted by atomic mass is 79.9. The Morgan fingerprint density at radius 3 is 2.64 bits per heavy atom. The number of aromatic nitrogens is 2. The van der Waals surface area contributed by atoms with E-state index in [1.165, 1.54) is 0 Å². The Hall–Kier alpha value is -0.510. The Kier molecular flexibility index (Phi) is 2.54. The van der Waals surface area contributed by atoms with Gasteiger partial charge in [-0.25, -0.2) is 0 Å². The maximum absolute atomic E-state index is 4.08. The molecule has 0 saturated carbocycles. The van der Waals surface area contributed by atoms with Gasteiger partial charge in [-0.3, -0.25) is 4.68 Å². The van der Waals surface area contributed by atoms with Gasteiger partial charge in [0.25, 0.3) is 0 Å². The minimum Gasteiger partial charge on any atom is -0.367 e. The molecule has 0 fully saturated rings. The fraction of sp³-hybridized carbons (Fsp3) is 0.571. The van der Waals surface area contributed by atoms with E-state index in [-0.39, 0.29) is 0 Å². The molecule has 11 heavy (non-hydrogen) atoms. The molecule has 1 N–H and O–H groups in total. The van der Waals surface area contributed by atoms with Crippen molar-refractivity contribution in [2.24, 2.45) is 7.05 Å². The van der Waals surface area contributed by atoms with Crippen molar-refractivity contribution >= 4 is 21.7 Å². The van der Waals surface area contributed by atoms with Gasteiger partial charge in [0, 0.05) is 13.1 Å². The number of anilines is 1. The number of nitrogens with zero attached hydrogens (tertiary/aromatic N) is 2. The van der Waals surface area contributed by atoms with E-state index in [1.54, 1.807) is 6.20 Å². The van der Waals surface area contributed by atoms with Crippen LogP contribution in [-0.4, -0.2) is 15.8 Å². The van der Waals surface area contributed by atoms with Gasteiger partial charge in [0.15, 0.2) is 0 Å². The summed E-state index contributed by atoms with van der Waals surface area (Å²) in [6.07, 6.45) is 1.78. The first-order chi connectivity index (χ1) is 5.11. The molecule has 0 saturated heterocycles. The van der Waals surface area contributed by atoms with E-state index in [0.29, 0.717) is 6.04 Å². The summed E-state index contributed by atoms with van der Waals surface area (Å²) < 4.78 is 2.82. The van der Waals surface area contributed by atoms with E-state index in [4.69, 9.17) is 0 Å². The molecule has 0 unspecified atom stereocenters. The van der Waals surface area contributed by atoms with E-state index in [1.807, 2.05) is 11.7 Å². The lowest BCUT2D eigenvalue weighted by molar-refractivity contribution is 0.753. The molecule has 0 radical (unpaired) electrons. The molecule has 4 heteroatoms. The summed E-state index contributed by atoms with van der Waals surface area (Å²) in [5.41, 5.74) is 0. The largest absolute Gasteiger partial charge is 0.367 e. The molecule has 0 spiro atoms. The second kappa shape index (κ2) is 3.26. The van der Waals surface area contributed by atoms with E-state index in [0.717, 1.165) is 10.3 Å². The van der Waals surface area contributed by atoms with E-state index in [2.05, 4.69) is 40.2 Å². The minimum absolute atomic E-state index is 0.432. The van der Waals surface area contributed by atoms with Crippen molar-refractivity contribution < 1.29 is 0 Å². The predicted octanol–water partition coefficient (Wildman–Crippen LogP) is 2.00. The zero-order valence-electron chi connectivity index (χ0n) is 6.93. The molecule has 1 aromatic heterocycles. The highest BCUT2D eigenvalue weighted by Crippen LogP contribution is 2.20. The van der Waals surface area contributed by atoms with E-state index >= 15 is 0 Å². The van der Waals surface area contributed by atoms with Gasteiger partial charge >= 0.3 is 0 Å². The van der Waals surface area contributed by atoms with Crippen molar-refractivity contribution in [1.29, 1.82) is 0 Å². The minimum atomic E-state index is 0.432. The third-order valence-corrected chi connectivity index (χ3v) is 1.90. The standard InChI is InChI=1S/C7H12BrN3/c1-5(2)10-7-6(8)4-9-11(7)3/h4-5,10H,1-3H3. The number of rotatable bonds is 2. The number of aryl methyl sites for hydroxylation is 1. The van der Waals surface area contributed by atoms with E-state index < -0.39 is 0 Å². The lowest BCUT2D eigenvalue weighted by Gasteiger charge is -2.09. The first-order valence-corrected chi connectivity index (χ1v) is 4.34. The Bertz CT molecular complexity index is 222. The zero-order chi connectivity index (χ0) is 8.43. The predicted molar refractivity (Wildman–Crippen MR) is 49.7 cm³/mol. The highest BCUT2D eigenvalue weighted by Gasteiger charge is 2.05. The monoisotopic (exact) mass is 217 g/mol. The van der Waals surface area contributed by atoms with Crippen LogP contribution < -0.4 is 5.32 Å². The molecule has 0 aliphatic rings. The molecule has 0 aliphatic heterocycles. The van der Waals surface area contributed by atoms with Crippen LogP contribution >= 0.6 is 15.9 Å². The van der Waals surface area contributed by atoms with Crippen molar-refractivity contribution in [3.63, 3.8) is 0 Å². The fourth-order valence-corrected chi connectivity index (χ4v) is 1.31. The lowest BCUT2D eigenvalue weighted by atomic mass is 10.4. The molecule has 0 amide bonds. The zero-order valence-corrected chi connectivity index (χ0v) is 8.51. The van der Waals surface area contributed by atoms with Gasteiger partial charge < -0.3 is 5.32 Å². The molecule has 0 aromatic carbocycles. The van der Waals surface area contributed by atoms with Crippen LogP contribution in [0.3, 0.4) is 0 Å². The highest BCUT2D eigenvalue weighted by molar-refractivity contribution is 9.10. The smallest absolute Gasteiger partial charge is 0.138 e. The first-order valence-electron chi connectivity index (χ1n) is 3.55. The summed E-state index contributed by atoms with van der Waals surface area (Å²) >= 11 is 3.40. The van der Waals surface area contributed by atoms with Crippen molar-refractivity contribution in [2.75, 3.05) is 5.32 Å². The maximum Gasteiger partial charge on any atom is 0.138 e. The van der Waals surface area contributed by atoms with Gasteiger partial charge in [-0.1, -0.05) is 0 Å². The summed E-state index contributed by atoms with van der Waals surface area (Å²) in [7, 11) is 1.91. The third-order valence-electron chi connectivity index (χ3n) is 1.32. The summed E-state index contributed by atoms with van der Waals surface area (Å²) in [4.78, 5) is 0. The Morgan fingerprint density at radius 2 is 2.27 bits per heavy atom. The van der Waals surface area contributed by atoms with Crippen LogP contribution in [0.5, 0.6) is 0 Å². The van der Waals surface area contributed by atoms with Gasteiger partial charge in [0.05, 0.1) is 10.7 Å². The number of hydrogen-bond acceptors (Lipinski definition) is 2. The molecule has 62 valence electrons. The van der Waals surface area contributed by atoms with Crippen molar-refractivity contribution in [3.05, 3.63) is 10.7 Å². The Balaban J connectivity index is 2.83. The van der Waals surface area contributed by atoms with Gasteiger partial charge in [-0.2, -0.15) is 5.10 Å². The Labute approximate surface area is 74.9 Å². The average molecular weight is 218 g/mol. The molecule has 1 aromatic rings. The summed E-state index contributed by atoms with van der Waals surface area (Å²) in [5.74, 6) is 1.03. The molecule has 0 bridgehead atoms. The third kappa shape index (κ3) is 1.96. The Morgan fingerprint density at radius 1 is 1.64 bits per heavy atom.